The minimum Gasteiger partial charge on any atom is -0.349 e. The van der Waals surface area contributed by atoms with E-state index in [4.69, 9.17) is 0 Å². The SMILES string of the molecule is CNCC(C)C(=O)NCc1ncc[nH]1. The first-order valence-electron chi connectivity index (χ1n) is 4.64. The number of hydrogen-bond donors (Lipinski definition) is 3. The highest BCUT2D eigenvalue weighted by molar-refractivity contribution is 5.78. The Morgan fingerprint density at radius 3 is 3.07 bits per heavy atom. The average molecular weight is 196 g/mol. The summed E-state index contributed by atoms with van der Waals surface area (Å²) >= 11 is 0. The molecule has 0 aromatic carbocycles. The lowest BCUT2D eigenvalue weighted by molar-refractivity contribution is -0.124. The smallest absolute Gasteiger partial charge is 0.224 e. The fourth-order valence-corrected chi connectivity index (χ4v) is 1.14. The molecule has 5 heteroatoms. The van der Waals surface area contributed by atoms with Gasteiger partial charge in [-0.1, -0.05) is 6.92 Å². The largest absolute Gasteiger partial charge is 0.349 e. The number of carbonyl (C=O) groups excluding carboxylic acids is 1. The maximum absolute atomic E-state index is 11.4. The molecule has 0 spiro atoms. The zero-order valence-corrected chi connectivity index (χ0v) is 8.50. The second kappa shape index (κ2) is 5.39. The van der Waals surface area contributed by atoms with E-state index in [-0.39, 0.29) is 11.8 Å². The number of amides is 1. The minimum atomic E-state index is -0.0186. The minimum absolute atomic E-state index is 0.0186. The molecule has 0 aliphatic carbocycles. The molecule has 1 atom stereocenters. The van der Waals surface area contributed by atoms with Crippen LogP contribution in [-0.4, -0.2) is 29.5 Å². The summed E-state index contributed by atoms with van der Waals surface area (Å²) in [7, 11) is 1.83. The lowest BCUT2D eigenvalue weighted by Gasteiger charge is -2.10. The number of aromatic amines is 1. The van der Waals surface area contributed by atoms with Crippen LogP contribution in [0.2, 0.25) is 0 Å². The van der Waals surface area contributed by atoms with Crippen LogP contribution in [0.3, 0.4) is 0 Å². The number of H-pyrrole nitrogens is 1. The molecule has 1 unspecified atom stereocenters. The van der Waals surface area contributed by atoms with E-state index >= 15 is 0 Å². The molecule has 1 heterocycles. The van der Waals surface area contributed by atoms with E-state index in [1.54, 1.807) is 12.4 Å². The fraction of sp³-hybridized carbons (Fsp3) is 0.556. The van der Waals surface area contributed by atoms with Crippen LogP contribution in [0.1, 0.15) is 12.7 Å². The molecular weight excluding hydrogens is 180 g/mol. The Balaban J connectivity index is 2.27. The normalized spacial score (nSPS) is 12.4. The van der Waals surface area contributed by atoms with Crippen molar-refractivity contribution in [1.29, 1.82) is 0 Å². The molecule has 0 saturated carbocycles. The van der Waals surface area contributed by atoms with Crippen molar-refractivity contribution in [2.24, 2.45) is 5.92 Å². The van der Waals surface area contributed by atoms with Gasteiger partial charge in [0.25, 0.3) is 0 Å². The third-order valence-corrected chi connectivity index (χ3v) is 1.94. The van der Waals surface area contributed by atoms with Gasteiger partial charge in [-0.25, -0.2) is 4.98 Å². The van der Waals surface area contributed by atoms with Crippen molar-refractivity contribution in [2.45, 2.75) is 13.5 Å². The lowest BCUT2D eigenvalue weighted by atomic mass is 10.1. The van der Waals surface area contributed by atoms with Crippen LogP contribution in [0.5, 0.6) is 0 Å². The summed E-state index contributed by atoms with van der Waals surface area (Å²) in [5.74, 6) is 0.792. The van der Waals surface area contributed by atoms with Crippen molar-refractivity contribution in [3.8, 4) is 0 Å². The highest BCUT2D eigenvalue weighted by atomic mass is 16.1. The molecule has 3 N–H and O–H groups in total. The molecule has 1 amide bonds. The summed E-state index contributed by atoms with van der Waals surface area (Å²) < 4.78 is 0. The summed E-state index contributed by atoms with van der Waals surface area (Å²) in [6.45, 7) is 3.03. The van der Waals surface area contributed by atoms with E-state index < -0.39 is 0 Å². The Morgan fingerprint density at radius 1 is 1.71 bits per heavy atom. The van der Waals surface area contributed by atoms with Crippen LogP contribution in [0.15, 0.2) is 12.4 Å². The molecule has 1 rings (SSSR count). The van der Waals surface area contributed by atoms with Gasteiger partial charge in [0.2, 0.25) is 5.91 Å². The highest BCUT2D eigenvalue weighted by Crippen LogP contribution is 1.93. The van der Waals surface area contributed by atoms with Crippen LogP contribution in [0, 0.1) is 5.92 Å². The van der Waals surface area contributed by atoms with Gasteiger partial charge < -0.3 is 15.6 Å². The molecule has 14 heavy (non-hydrogen) atoms. The van der Waals surface area contributed by atoms with Gasteiger partial charge in [-0.15, -0.1) is 0 Å². The summed E-state index contributed by atoms with van der Waals surface area (Å²) in [6, 6.07) is 0. The van der Waals surface area contributed by atoms with E-state index in [1.807, 2.05) is 14.0 Å². The quantitative estimate of drug-likeness (QED) is 0.615. The fourth-order valence-electron chi connectivity index (χ4n) is 1.14. The Hall–Kier alpha value is -1.36. The second-order valence-electron chi connectivity index (χ2n) is 3.21. The van der Waals surface area contributed by atoms with Crippen molar-refractivity contribution < 1.29 is 4.79 Å². The summed E-state index contributed by atoms with van der Waals surface area (Å²) in [5, 5.41) is 5.75. The van der Waals surface area contributed by atoms with E-state index in [2.05, 4.69) is 20.6 Å². The first kappa shape index (κ1) is 10.7. The number of nitrogens with zero attached hydrogens (tertiary/aromatic N) is 1. The first-order chi connectivity index (χ1) is 6.74. The predicted molar refractivity (Wildman–Crippen MR) is 53.5 cm³/mol. The van der Waals surface area contributed by atoms with Gasteiger partial charge in [-0.05, 0) is 7.05 Å². The number of aromatic nitrogens is 2. The Morgan fingerprint density at radius 2 is 2.50 bits per heavy atom. The molecule has 0 radical (unpaired) electrons. The molecule has 0 fully saturated rings. The van der Waals surface area contributed by atoms with Crippen LogP contribution in [0.25, 0.3) is 0 Å². The summed E-state index contributed by atoms with van der Waals surface area (Å²) in [6.07, 6.45) is 3.40. The van der Waals surface area contributed by atoms with Gasteiger partial charge in [0, 0.05) is 24.9 Å². The Bertz CT molecular complexity index is 270. The van der Waals surface area contributed by atoms with E-state index in [0.29, 0.717) is 13.1 Å². The molecule has 0 saturated heterocycles. The summed E-state index contributed by atoms with van der Waals surface area (Å²) in [5.41, 5.74) is 0. The van der Waals surface area contributed by atoms with Gasteiger partial charge in [-0.2, -0.15) is 0 Å². The maximum atomic E-state index is 11.4. The maximum Gasteiger partial charge on any atom is 0.224 e. The summed E-state index contributed by atoms with van der Waals surface area (Å²) in [4.78, 5) is 18.4. The van der Waals surface area contributed by atoms with Crippen LogP contribution in [-0.2, 0) is 11.3 Å². The monoisotopic (exact) mass is 196 g/mol. The van der Waals surface area contributed by atoms with Crippen molar-refractivity contribution in [1.82, 2.24) is 20.6 Å². The van der Waals surface area contributed by atoms with Crippen molar-refractivity contribution in [3.63, 3.8) is 0 Å². The van der Waals surface area contributed by atoms with Crippen molar-refractivity contribution in [3.05, 3.63) is 18.2 Å². The number of carbonyl (C=O) groups is 1. The number of nitrogens with one attached hydrogen (secondary N) is 3. The second-order valence-corrected chi connectivity index (χ2v) is 3.21. The van der Waals surface area contributed by atoms with Crippen LogP contribution >= 0.6 is 0 Å². The average Bonchev–Trinajstić information content (AvgIpc) is 2.67. The molecule has 1 aromatic heterocycles. The molecule has 0 bridgehead atoms. The van der Waals surface area contributed by atoms with Gasteiger partial charge in [0.1, 0.15) is 5.82 Å². The molecule has 5 nitrogen and oxygen atoms in total. The topological polar surface area (TPSA) is 69.8 Å². The third kappa shape index (κ3) is 3.18. The third-order valence-electron chi connectivity index (χ3n) is 1.94. The Kier molecular flexibility index (Phi) is 4.12. The number of imidazole rings is 1. The van der Waals surface area contributed by atoms with Gasteiger partial charge in [0.15, 0.2) is 0 Å². The molecule has 0 aliphatic heterocycles. The molecule has 1 aromatic rings. The van der Waals surface area contributed by atoms with E-state index in [0.717, 1.165) is 5.82 Å². The van der Waals surface area contributed by atoms with Crippen molar-refractivity contribution >= 4 is 5.91 Å². The van der Waals surface area contributed by atoms with Gasteiger partial charge in [-0.3, -0.25) is 4.79 Å². The predicted octanol–water partition coefficient (Wildman–Crippen LogP) is -0.119. The first-order valence-corrected chi connectivity index (χ1v) is 4.64. The van der Waals surface area contributed by atoms with Gasteiger partial charge in [0.05, 0.1) is 6.54 Å². The van der Waals surface area contributed by atoms with E-state index in [1.165, 1.54) is 0 Å². The van der Waals surface area contributed by atoms with Crippen LogP contribution < -0.4 is 10.6 Å². The van der Waals surface area contributed by atoms with Crippen LogP contribution in [0.4, 0.5) is 0 Å². The Labute approximate surface area is 83.3 Å². The number of hydrogen-bond acceptors (Lipinski definition) is 3. The highest BCUT2D eigenvalue weighted by Gasteiger charge is 2.10. The molecular formula is C9H16N4O. The standard InChI is InChI=1S/C9H16N4O/c1-7(5-10-2)9(14)13-6-8-11-3-4-12-8/h3-4,7,10H,5-6H2,1-2H3,(H,11,12)(H,13,14). The number of rotatable bonds is 5. The lowest BCUT2D eigenvalue weighted by Crippen LogP contribution is -2.34. The van der Waals surface area contributed by atoms with Crippen molar-refractivity contribution in [2.75, 3.05) is 13.6 Å². The zero-order chi connectivity index (χ0) is 10.4. The molecule has 78 valence electrons. The zero-order valence-electron chi connectivity index (χ0n) is 8.50. The van der Waals surface area contributed by atoms with Gasteiger partial charge >= 0.3 is 0 Å². The van der Waals surface area contributed by atoms with E-state index in [9.17, 15) is 4.79 Å². The molecule has 0 aliphatic rings.